The number of amides is 1. The van der Waals surface area contributed by atoms with Crippen molar-refractivity contribution in [1.82, 2.24) is 4.98 Å². The van der Waals surface area contributed by atoms with Crippen LogP contribution in [0.25, 0.3) is 21.2 Å². The van der Waals surface area contributed by atoms with Crippen LogP contribution < -0.4 is 9.80 Å². The number of nitrogens with zero attached hydrogens (tertiary/aromatic N) is 3. The number of hydrogen-bond donors (Lipinski definition) is 1. The van der Waals surface area contributed by atoms with Gasteiger partial charge in [-0.1, -0.05) is 47.7 Å². The fraction of sp³-hybridized carbons (Fsp3) is 0.138. The number of thiazole rings is 1. The molecule has 37 heavy (non-hydrogen) atoms. The van der Waals surface area contributed by atoms with Gasteiger partial charge in [0, 0.05) is 25.2 Å². The second-order valence-corrected chi connectivity index (χ2v) is 10.3. The van der Waals surface area contributed by atoms with E-state index in [2.05, 4.69) is 4.98 Å². The number of carbonyl (C=O) groups excluding carboxylic acids is 2. The van der Waals surface area contributed by atoms with Crippen LogP contribution in [0.1, 0.15) is 27.7 Å². The molecule has 1 aliphatic heterocycles. The maximum Gasteiger partial charge on any atom is 0.296 e. The van der Waals surface area contributed by atoms with Crippen molar-refractivity contribution in [2.24, 2.45) is 0 Å². The number of para-hydroxylation sites is 1. The highest BCUT2D eigenvalue weighted by Crippen LogP contribution is 2.44. The van der Waals surface area contributed by atoms with Gasteiger partial charge in [0.15, 0.2) is 16.7 Å². The molecule has 0 bridgehead atoms. The van der Waals surface area contributed by atoms with E-state index in [1.54, 1.807) is 12.1 Å². The van der Waals surface area contributed by atoms with Crippen LogP contribution in [0, 0.1) is 6.92 Å². The fourth-order valence-corrected chi connectivity index (χ4v) is 5.74. The third kappa shape index (κ3) is 3.77. The summed E-state index contributed by atoms with van der Waals surface area (Å²) in [6, 6.07) is 21.5. The van der Waals surface area contributed by atoms with Crippen molar-refractivity contribution in [2.75, 3.05) is 23.9 Å². The van der Waals surface area contributed by atoms with Crippen molar-refractivity contribution < 1.29 is 19.1 Å². The predicted molar refractivity (Wildman–Crippen MR) is 146 cm³/mol. The summed E-state index contributed by atoms with van der Waals surface area (Å²) in [6.07, 6.45) is 0. The summed E-state index contributed by atoms with van der Waals surface area (Å²) in [5.74, 6) is -1.74. The lowest BCUT2D eigenvalue weighted by Gasteiger charge is -2.25. The molecule has 1 amide bonds. The molecule has 7 nitrogen and oxygen atoms in total. The molecule has 2 aromatic heterocycles. The van der Waals surface area contributed by atoms with Gasteiger partial charge in [-0.05, 0) is 54.4 Å². The van der Waals surface area contributed by atoms with Gasteiger partial charge in [0.1, 0.15) is 5.58 Å². The molecule has 8 heteroatoms. The minimum absolute atomic E-state index is 0.0305. The average molecular weight is 510 g/mol. The number of ketones is 1. The maximum absolute atomic E-state index is 13.8. The van der Waals surface area contributed by atoms with Crippen molar-refractivity contribution >= 4 is 55.0 Å². The summed E-state index contributed by atoms with van der Waals surface area (Å²) < 4.78 is 6.74. The lowest BCUT2D eigenvalue weighted by Crippen LogP contribution is -2.31. The highest BCUT2D eigenvalue weighted by Gasteiger charge is 2.46. The number of anilines is 2. The first kappa shape index (κ1) is 23.0. The Morgan fingerprint density at radius 1 is 1.05 bits per heavy atom. The predicted octanol–water partition coefficient (Wildman–Crippen LogP) is 6.20. The number of aryl methyl sites for hydroxylation is 1. The lowest BCUT2D eigenvalue weighted by molar-refractivity contribution is -0.117. The van der Waals surface area contributed by atoms with Gasteiger partial charge in [-0.15, -0.1) is 0 Å². The number of benzene rings is 3. The molecule has 1 atom stereocenters. The van der Waals surface area contributed by atoms with Crippen LogP contribution in [-0.2, 0) is 4.79 Å². The third-order valence-electron chi connectivity index (χ3n) is 6.57. The average Bonchev–Trinajstić information content (AvgIpc) is 3.57. The molecular weight excluding hydrogens is 486 g/mol. The molecule has 1 N–H and O–H groups in total. The van der Waals surface area contributed by atoms with Crippen molar-refractivity contribution in [3.05, 3.63) is 101 Å². The summed E-state index contributed by atoms with van der Waals surface area (Å²) >= 11 is 1.35. The molecule has 0 spiro atoms. The Bertz CT molecular complexity index is 1700. The number of aliphatic hydroxyl groups excluding tert-OH is 1. The Morgan fingerprint density at radius 2 is 1.81 bits per heavy atom. The highest BCUT2D eigenvalue weighted by atomic mass is 32.1. The van der Waals surface area contributed by atoms with Gasteiger partial charge in [0.05, 0.1) is 21.8 Å². The Hall–Kier alpha value is -4.43. The Kier molecular flexibility index (Phi) is 5.35. The summed E-state index contributed by atoms with van der Waals surface area (Å²) in [6.45, 7) is 1.99. The van der Waals surface area contributed by atoms with Crippen LogP contribution in [0.2, 0.25) is 0 Å². The summed E-state index contributed by atoms with van der Waals surface area (Å²) in [5.41, 5.74) is 3.99. The lowest BCUT2D eigenvalue weighted by atomic mass is 9.95. The van der Waals surface area contributed by atoms with E-state index in [1.807, 2.05) is 86.6 Å². The smallest absolute Gasteiger partial charge is 0.296 e. The largest absolute Gasteiger partial charge is 0.503 e. The maximum atomic E-state index is 13.8. The molecule has 6 rings (SSSR count). The zero-order valence-corrected chi connectivity index (χ0v) is 21.2. The van der Waals surface area contributed by atoms with Gasteiger partial charge in [0.2, 0.25) is 5.78 Å². The standard InChI is InChI=1S/C29H23N3O4S/c1-16-8-13-20-23(14-16)37-29(30-20)32-25(17-9-11-19(12-10-17)31(2)3)24(27(34)28(32)35)26(33)22-15-18-6-4-5-7-21(18)36-22/h4-15,25,34H,1-3H3. The Balaban J connectivity index is 1.50. The van der Waals surface area contributed by atoms with Crippen molar-refractivity contribution in [1.29, 1.82) is 0 Å². The van der Waals surface area contributed by atoms with Crippen LogP contribution in [-0.4, -0.2) is 35.9 Å². The van der Waals surface area contributed by atoms with E-state index >= 15 is 0 Å². The molecule has 5 aromatic rings. The number of aromatic nitrogens is 1. The van der Waals surface area contributed by atoms with E-state index in [4.69, 9.17) is 4.42 Å². The number of rotatable bonds is 5. The van der Waals surface area contributed by atoms with Gasteiger partial charge in [0.25, 0.3) is 5.91 Å². The Morgan fingerprint density at radius 3 is 2.54 bits per heavy atom. The molecule has 3 heterocycles. The van der Waals surface area contributed by atoms with Crippen molar-refractivity contribution in [2.45, 2.75) is 13.0 Å². The first-order valence-corrected chi connectivity index (χ1v) is 12.6. The van der Waals surface area contributed by atoms with Crippen LogP contribution in [0.3, 0.4) is 0 Å². The minimum atomic E-state index is -0.869. The number of hydrogen-bond acceptors (Lipinski definition) is 7. The van der Waals surface area contributed by atoms with E-state index in [0.29, 0.717) is 16.3 Å². The molecule has 0 saturated heterocycles. The van der Waals surface area contributed by atoms with E-state index in [0.717, 1.165) is 26.9 Å². The summed E-state index contributed by atoms with van der Waals surface area (Å²) in [7, 11) is 3.87. The molecule has 0 radical (unpaired) electrons. The molecule has 184 valence electrons. The van der Waals surface area contributed by atoms with E-state index in [-0.39, 0.29) is 11.3 Å². The molecule has 1 unspecified atom stereocenters. The van der Waals surface area contributed by atoms with Gasteiger partial charge in [-0.2, -0.15) is 0 Å². The van der Waals surface area contributed by atoms with Crippen LogP contribution in [0.5, 0.6) is 0 Å². The van der Waals surface area contributed by atoms with E-state index in [9.17, 15) is 14.7 Å². The first-order chi connectivity index (χ1) is 17.8. The van der Waals surface area contributed by atoms with Gasteiger partial charge >= 0.3 is 0 Å². The van der Waals surface area contributed by atoms with Gasteiger partial charge in [-0.25, -0.2) is 4.98 Å². The Labute approximate surface area is 216 Å². The topological polar surface area (TPSA) is 86.9 Å². The SMILES string of the molecule is Cc1ccc2nc(N3C(=O)C(O)=C(C(=O)c4cc5ccccc5o4)C3c3ccc(N(C)C)cc3)sc2c1. The highest BCUT2D eigenvalue weighted by molar-refractivity contribution is 7.22. The van der Waals surface area contributed by atoms with Crippen LogP contribution in [0.15, 0.2) is 88.5 Å². The molecule has 3 aromatic carbocycles. The fourth-order valence-electron chi connectivity index (χ4n) is 4.65. The number of aliphatic hydroxyl groups is 1. The van der Waals surface area contributed by atoms with Crippen LogP contribution in [0.4, 0.5) is 10.8 Å². The summed E-state index contributed by atoms with van der Waals surface area (Å²) in [5, 5.41) is 12.3. The summed E-state index contributed by atoms with van der Waals surface area (Å²) in [4.78, 5) is 35.4. The van der Waals surface area contributed by atoms with Crippen LogP contribution >= 0.6 is 11.3 Å². The second kappa shape index (κ2) is 8.60. The zero-order chi connectivity index (χ0) is 25.8. The van der Waals surface area contributed by atoms with E-state index < -0.39 is 23.5 Å². The van der Waals surface area contributed by atoms with E-state index in [1.165, 1.54) is 16.2 Å². The first-order valence-electron chi connectivity index (χ1n) is 11.8. The minimum Gasteiger partial charge on any atom is -0.503 e. The number of Topliss-reactive ketones (excluding diaryl/α,β-unsaturated/α-hetero) is 1. The number of fused-ring (bicyclic) bond motifs is 2. The number of carbonyl (C=O) groups is 2. The molecule has 1 aliphatic rings. The quantitative estimate of drug-likeness (QED) is 0.284. The molecular formula is C29H23N3O4S. The van der Waals surface area contributed by atoms with Gasteiger partial charge < -0.3 is 14.4 Å². The normalized spacial score (nSPS) is 15.8. The zero-order valence-electron chi connectivity index (χ0n) is 20.4. The monoisotopic (exact) mass is 509 g/mol. The van der Waals surface area contributed by atoms with Gasteiger partial charge in [-0.3, -0.25) is 14.5 Å². The number of furan rings is 1. The third-order valence-corrected chi connectivity index (χ3v) is 7.58. The van der Waals surface area contributed by atoms with Crippen molar-refractivity contribution in [3.8, 4) is 0 Å². The van der Waals surface area contributed by atoms with Crippen molar-refractivity contribution in [3.63, 3.8) is 0 Å². The second-order valence-electron chi connectivity index (χ2n) is 9.27. The molecule has 0 fully saturated rings. The molecule has 0 saturated carbocycles. The molecule has 0 aliphatic carbocycles.